The molecule has 0 N–H and O–H groups in total. The number of carbonyl (C=O) groups excluding carboxylic acids is 1. The first kappa shape index (κ1) is 15.2. The van der Waals surface area contributed by atoms with Crippen molar-refractivity contribution >= 4 is 5.97 Å². The van der Waals surface area contributed by atoms with Gasteiger partial charge in [0.15, 0.2) is 11.9 Å². The van der Waals surface area contributed by atoms with Crippen LogP contribution in [0.2, 0.25) is 0 Å². The first-order chi connectivity index (χ1) is 9.36. The van der Waals surface area contributed by atoms with Crippen molar-refractivity contribution in [2.75, 3.05) is 0 Å². The van der Waals surface area contributed by atoms with E-state index in [9.17, 15) is 4.79 Å². The molecule has 20 heavy (non-hydrogen) atoms. The number of rotatable bonds is 6. The quantitative estimate of drug-likeness (QED) is 0.423. The van der Waals surface area contributed by atoms with Gasteiger partial charge in [-0.2, -0.15) is 0 Å². The molecule has 2 saturated heterocycles. The van der Waals surface area contributed by atoms with E-state index in [0.29, 0.717) is 6.42 Å². The lowest BCUT2D eigenvalue weighted by Crippen LogP contribution is -2.29. The first-order valence-corrected chi connectivity index (χ1v) is 6.83. The van der Waals surface area contributed by atoms with Gasteiger partial charge in [0.2, 0.25) is 0 Å². The Labute approximate surface area is 119 Å². The Morgan fingerprint density at radius 2 is 1.95 bits per heavy atom. The fourth-order valence-corrected chi connectivity index (χ4v) is 2.38. The highest BCUT2D eigenvalue weighted by atomic mass is 16.8. The monoisotopic (exact) mass is 282 g/mol. The molecule has 0 aromatic heterocycles. The van der Waals surface area contributed by atoms with Crippen LogP contribution in [0.3, 0.4) is 0 Å². The standard InChI is InChI=1S/C15H22O5/c1-6-10-12(20-15(4,5)19-10)8-9(3)17-14(16)13-11(7-2)18-13/h6-7,9-13H,1-2,8H2,3-5H3/t9-,10+,11+,12-,13+/m1/s1. The predicted octanol–water partition coefficient (Wildman–Crippen LogP) is 1.97. The van der Waals surface area contributed by atoms with Crippen molar-refractivity contribution in [2.45, 2.75) is 63.5 Å². The Bertz CT molecular complexity index is 403. The predicted molar refractivity (Wildman–Crippen MR) is 73.1 cm³/mol. The highest BCUT2D eigenvalue weighted by Crippen LogP contribution is 2.32. The zero-order chi connectivity index (χ0) is 14.9. The van der Waals surface area contributed by atoms with Crippen molar-refractivity contribution < 1.29 is 23.7 Å². The van der Waals surface area contributed by atoms with E-state index in [1.807, 2.05) is 20.8 Å². The highest BCUT2D eigenvalue weighted by Gasteiger charge is 2.45. The van der Waals surface area contributed by atoms with E-state index < -0.39 is 11.9 Å². The van der Waals surface area contributed by atoms with Gasteiger partial charge in [0.25, 0.3) is 0 Å². The lowest BCUT2D eigenvalue weighted by molar-refractivity contribution is -0.155. The van der Waals surface area contributed by atoms with Gasteiger partial charge in [-0.3, -0.25) is 0 Å². The molecule has 2 heterocycles. The largest absolute Gasteiger partial charge is 0.461 e. The van der Waals surface area contributed by atoms with Crippen LogP contribution >= 0.6 is 0 Å². The van der Waals surface area contributed by atoms with Gasteiger partial charge in [-0.05, 0) is 20.8 Å². The third-order valence-electron chi connectivity index (χ3n) is 3.33. The van der Waals surface area contributed by atoms with E-state index in [-0.39, 0.29) is 30.4 Å². The van der Waals surface area contributed by atoms with Crippen LogP contribution in [0.15, 0.2) is 25.3 Å². The van der Waals surface area contributed by atoms with E-state index in [2.05, 4.69) is 13.2 Å². The summed E-state index contributed by atoms with van der Waals surface area (Å²) in [6.07, 6.45) is 2.53. The summed E-state index contributed by atoms with van der Waals surface area (Å²) in [5, 5.41) is 0. The average molecular weight is 282 g/mol. The third kappa shape index (κ3) is 3.48. The SMILES string of the molecule is C=C[C@@H]1O[C@@H]1C(=O)O[C@H](C)C[C@H]1OC(C)(C)O[C@H]1C=C. The van der Waals surface area contributed by atoms with Crippen LogP contribution in [0.5, 0.6) is 0 Å². The molecule has 5 nitrogen and oxygen atoms in total. The van der Waals surface area contributed by atoms with Crippen LogP contribution in [0.4, 0.5) is 0 Å². The lowest BCUT2D eigenvalue weighted by atomic mass is 10.1. The van der Waals surface area contributed by atoms with Crippen LogP contribution < -0.4 is 0 Å². The van der Waals surface area contributed by atoms with Gasteiger partial charge < -0.3 is 18.9 Å². The molecule has 0 spiro atoms. The fraction of sp³-hybridized carbons (Fsp3) is 0.667. The molecule has 0 aromatic rings. The molecule has 5 heteroatoms. The molecule has 0 amide bonds. The van der Waals surface area contributed by atoms with Crippen molar-refractivity contribution in [2.24, 2.45) is 0 Å². The van der Waals surface area contributed by atoms with E-state index in [4.69, 9.17) is 18.9 Å². The fourth-order valence-electron chi connectivity index (χ4n) is 2.38. The smallest absolute Gasteiger partial charge is 0.338 e. The molecule has 0 aromatic carbocycles. The van der Waals surface area contributed by atoms with Gasteiger partial charge in [-0.1, -0.05) is 12.2 Å². The van der Waals surface area contributed by atoms with Crippen molar-refractivity contribution in [3.63, 3.8) is 0 Å². The van der Waals surface area contributed by atoms with Crippen LogP contribution in [-0.4, -0.2) is 42.3 Å². The van der Waals surface area contributed by atoms with Crippen LogP contribution in [0, 0.1) is 0 Å². The Hall–Kier alpha value is -1.17. The molecule has 0 unspecified atom stereocenters. The van der Waals surface area contributed by atoms with E-state index in [0.717, 1.165) is 0 Å². The lowest BCUT2D eigenvalue weighted by Gasteiger charge is -2.19. The summed E-state index contributed by atoms with van der Waals surface area (Å²) in [5.41, 5.74) is 0. The average Bonchev–Trinajstić information content (AvgIpc) is 3.08. The molecule has 2 rings (SSSR count). The molecule has 0 saturated carbocycles. The molecule has 5 atom stereocenters. The Kier molecular flexibility index (Phi) is 4.32. The number of hydrogen-bond donors (Lipinski definition) is 0. The van der Waals surface area contributed by atoms with Crippen LogP contribution in [0.25, 0.3) is 0 Å². The topological polar surface area (TPSA) is 57.3 Å². The summed E-state index contributed by atoms with van der Waals surface area (Å²) in [7, 11) is 0. The number of epoxide rings is 1. The van der Waals surface area contributed by atoms with Gasteiger partial charge in [-0.25, -0.2) is 4.79 Å². The van der Waals surface area contributed by atoms with Crippen molar-refractivity contribution in [3.8, 4) is 0 Å². The normalized spacial score (nSPS) is 36.1. The third-order valence-corrected chi connectivity index (χ3v) is 3.33. The van der Waals surface area contributed by atoms with Gasteiger partial charge in [-0.15, -0.1) is 13.2 Å². The molecule has 2 fully saturated rings. The minimum Gasteiger partial charge on any atom is -0.461 e. The van der Waals surface area contributed by atoms with Crippen molar-refractivity contribution in [3.05, 3.63) is 25.3 Å². The summed E-state index contributed by atoms with van der Waals surface area (Å²) in [5.74, 6) is -0.989. The molecule has 0 aliphatic carbocycles. The Morgan fingerprint density at radius 1 is 1.30 bits per heavy atom. The second kappa shape index (κ2) is 5.68. The summed E-state index contributed by atoms with van der Waals surface area (Å²) in [6.45, 7) is 12.9. The van der Waals surface area contributed by atoms with E-state index in [1.165, 1.54) is 0 Å². The zero-order valence-electron chi connectivity index (χ0n) is 12.2. The minimum absolute atomic E-state index is 0.166. The first-order valence-electron chi connectivity index (χ1n) is 6.83. The second-order valence-electron chi connectivity index (χ2n) is 5.61. The van der Waals surface area contributed by atoms with Gasteiger partial charge in [0.1, 0.15) is 18.3 Å². The maximum Gasteiger partial charge on any atom is 0.338 e. The molecular formula is C15H22O5. The Morgan fingerprint density at radius 3 is 2.50 bits per heavy atom. The number of esters is 1. The summed E-state index contributed by atoms with van der Waals surface area (Å²) >= 11 is 0. The summed E-state index contributed by atoms with van der Waals surface area (Å²) in [4.78, 5) is 11.8. The number of hydrogen-bond acceptors (Lipinski definition) is 5. The Balaban J connectivity index is 1.82. The maximum atomic E-state index is 11.8. The molecule has 2 aliphatic rings. The molecular weight excluding hydrogens is 260 g/mol. The number of carbonyl (C=O) groups is 1. The molecule has 112 valence electrons. The van der Waals surface area contributed by atoms with Crippen LogP contribution in [-0.2, 0) is 23.7 Å². The molecule has 0 bridgehead atoms. The van der Waals surface area contributed by atoms with Crippen LogP contribution in [0.1, 0.15) is 27.2 Å². The van der Waals surface area contributed by atoms with E-state index in [1.54, 1.807) is 12.2 Å². The maximum absolute atomic E-state index is 11.8. The zero-order valence-corrected chi connectivity index (χ0v) is 12.2. The van der Waals surface area contributed by atoms with Crippen molar-refractivity contribution in [1.82, 2.24) is 0 Å². The summed E-state index contributed by atoms with van der Waals surface area (Å²) < 4.78 is 21.9. The van der Waals surface area contributed by atoms with Gasteiger partial charge >= 0.3 is 5.97 Å². The van der Waals surface area contributed by atoms with Gasteiger partial charge in [0, 0.05) is 6.42 Å². The van der Waals surface area contributed by atoms with E-state index >= 15 is 0 Å². The molecule has 2 aliphatic heterocycles. The minimum atomic E-state index is -0.638. The second-order valence-corrected chi connectivity index (χ2v) is 5.61. The number of ether oxygens (including phenoxy) is 4. The van der Waals surface area contributed by atoms with Crippen molar-refractivity contribution in [1.29, 1.82) is 0 Å². The highest BCUT2D eigenvalue weighted by molar-refractivity contribution is 5.78. The molecule has 0 radical (unpaired) electrons. The summed E-state index contributed by atoms with van der Waals surface area (Å²) in [6, 6.07) is 0. The van der Waals surface area contributed by atoms with Gasteiger partial charge in [0.05, 0.1) is 6.10 Å².